The van der Waals surface area contributed by atoms with E-state index in [1.165, 1.54) is 30.1 Å². The van der Waals surface area contributed by atoms with Crippen molar-refractivity contribution in [2.75, 3.05) is 39.3 Å². The molecule has 5 heteroatoms. The quantitative estimate of drug-likeness (QED) is 0.448. The van der Waals surface area contributed by atoms with Crippen molar-refractivity contribution in [3.8, 4) is 0 Å². The number of carbonyl (C=O) groups is 1. The zero-order valence-electron chi connectivity index (χ0n) is 16.6. The van der Waals surface area contributed by atoms with Crippen molar-refractivity contribution in [3.63, 3.8) is 0 Å². The summed E-state index contributed by atoms with van der Waals surface area (Å²) < 4.78 is 5.80. The molecule has 2 aliphatic carbocycles. The van der Waals surface area contributed by atoms with E-state index in [9.17, 15) is 9.90 Å². The third-order valence-corrected chi connectivity index (χ3v) is 8.24. The highest BCUT2D eigenvalue weighted by atomic mass is 16.6. The zero-order valence-corrected chi connectivity index (χ0v) is 16.6. The topological polar surface area (TPSA) is 55.4 Å². The van der Waals surface area contributed by atoms with Crippen LogP contribution >= 0.6 is 0 Å². The fourth-order valence-electron chi connectivity index (χ4n) is 6.12. The van der Waals surface area contributed by atoms with Crippen LogP contribution in [0, 0.1) is 23.2 Å². The number of hydrogen-bond acceptors (Lipinski definition) is 3. The number of fused-ring (bicyclic) bond motifs is 2. The van der Waals surface area contributed by atoms with Crippen LogP contribution in [0.15, 0.2) is 11.6 Å². The van der Waals surface area contributed by atoms with E-state index in [0.29, 0.717) is 5.92 Å². The van der Waals surface area contributed by atoms with Crippen molar-refractivity contribution in [3.05, 3.63) is 11.6 Å². The summed E-state index contributed by atoms with van der Waals surface area (Å²) in [5.74, 6) is 0.223. The number of likely N-dealkylation sites (N-methyl/N-ethyl adjacent to an activating group) is 1. The largest absolute Gasteiger partial charge is 0.461 e. The van der Waals surface area contributed by atoms with Gasteiger partial charge in [0.05, 0.1) is 19.2 Å². The molecular weight excluding hydrogens is 328 g/mol. The van der Waals surface area contributed by atoms with Crippen molar-refractivity contribution in [2.45, 2.75) is 52.2 Å². The maximum Gasteiger partial charge on any atom is 0.315 e. The number of aliphatic hydroxyl groups excluding tert-OH is 1. The Morgan fingerprint density at radius 3 is 2.65 bits per heavy atom. The first-order valence-corrected chi connectivity index (χ1v) is 10.7. The molecule has 2 aliphatic heterocycles. The minimum Gasteiger partial charge on any atom is -0.461 e. The maximum absolute atomic E-state index is 12.7. The van der Waals surface area contributed by atoms with E-state index in [0.717, 1.165) is 38.9 Å². The van der Waals surface area contributed by atoms with Crippen molar-refractivity contribution in [2.24, 2.45) is 23.2 Å². The first-order valence-electron chi connectivity index (χ1n) is 10.7. The summed E-state index contributed by atoms with van der Waals surface area (Å²) in [6.07, 6.45) is 4.75. The Bertz CT molecular complexity index is 584. The van der Waals surface area contributed by atoms with Crippen LogP contribution in [0.5, 0.6) is 0 Å². The molecule has 26 heavy (non-hydrogen) atoms. The molecule has 0 aromatic heterocycles. The van der Waals surface area contributed by atoms with Gasteiger partial charge in [0.25, 0.3) is 0 Å². The molecule has 0 spiro atoms. The van der Waals surface area contributed by atoms with Crippen molar-refractivity contribution in [1.82, 2.24) is 0 Å². The third kappa shape index (κ3) is 2.83. The number of piperazine rings is 1. The first kappa shape index (κ1) is 18.5. The smallest absolute Gasteiger partial charge is 0.315 e. The lowest BCUT2D eigenvalue weighted by Gasteiger charge is -2.51. The summed E-state index contributed by atoms with van der Waals surface area (Å²) in [5, 5.41) is 11.4. The Labute approximate surface area is 157 Å². The van der Waals surface area contributed by atoms with E-state index in [2.05, 4.69) is 26.8 Å². The predicted molar refractivity (Wildman–Crippen MR) is 98.9 cm³/mol. The lowest BCUT2D eigenvalue weighted by molar-refractivity contribution is -1.01. The molecule has 0 bridgehead atoms. The normalized spacial score (nSPS) is 48.4. The molecule has 0 aromatic carbocycles. The molecule has 2 heterocycles. The Morgan fingerprint density at radius 1 is 1.27 bits per heavy atom. The summed E-state index contributed by atoms with van der Waals surface area (Å²) in [6.45, 7) is 13.4. The van der Waals surface area contributed by atoms with Crippen LogP contribution in [0.1, 0.15) is 40.0 Å². The number of hydrogen-bond donors (Lipinski definition) is 3. The predicted octanol–water partition coefficient (Wildman–Crippen LogP) is -0.925. The standard InChI is InChI=1S/C21H34N2O3/c1-4-22-8-10-23(11-9-22)13-16-18-17(26-20(16)25)12-15-7-5-6-14(2)21(15,3)19(18)24/h7,14,16-19,24H,4-6,8-13H2,1-3H3/p+2/t14-,16-,17-,18-,19-,21-/m1/s1. The van der Waals surface area contributed by atoms with E-state index < -0.39 is 6.10 Å². The van der Waals surface area contributed by atoms with E-state index in [1.807, 2.05) is 0 Å². The van der Waals surface area contributed by atoms with Gasteiger partial charge in [0, 0.05) is 17.8 Å². The highest BCUT2D eigenvalue weighted by Gasteiger charge is 2.60. The van der Waals surface area contributed by atoms with Crippen LogP contribution in [0.3, 0.4) is 0 Å². The molecule has 3 N–H and O–H groups in total. The number of nitrogens with one attached hydrogen (secondary N) is 2. The molecule has 1 saturated carbocycles. The van der Waals surface area contributed by atoms with Crippen molar-refractivity contribution in [1.29, 1.82) is 0 Å². The SMILES string of the molecule is CC[NH+]1CC[NH+](C[C@H]2C(=O)O[C@@H]3CC4=CCC[C@@H](C)[C@@]4(C)[C@H](O)[C@@H]32)CC1. The second-order valence-electron chi connectivity index (χ2n) is 9.36. The summed E-state index contributed by atoms with van der Waals surface area (Å²) >= 11 is 0. The number of rotatable bonds is 3. The maximum atomic E-state index is 12.7. The minimum absolute atomic E-state index is 0.0331. The highest BCUT2D eigenvalue weighted by molar-refractivity contribution is 5.76. The number of carbonyl (C=O) groups excluding carboxylic acids is 1. The van der Waals surface area contributed by atoms with Gasteiger partial charge in [-0.25, -0.2) is 0 Å². The Hall–Kier alpha value is -0.910. The van der Waals surface area contributed by atoms with Crippen molar-refractivity contribution >= 4 is 5.97 Å². The Kier molecular flexibility index (Phi) is 4.91. The number of allylic oxidation sites excluding steroid dienone is 1. The molecule has 6 atom stereocenters. The van der Waals surface area contributed by atoms with E-state index >= 15 is 0 Å². The fraction of sp³-hybridized carbons (Fsp3) is 0.857. The Morgan fingerprint density at radius 2 is 1.96 bits per heavy atom. The summed E-state index contributed by atoms with van der Waals surface area (Å²) in [6, 6.07) is 0. The van der Waals surface area contributed by atoms with Gasteiger partial charge in [0.2, 0.25) is 0 Å². The van der Waals surface area contributed by atoms with E-state index in [4.69, 9.17) is 4.74 Å². The monoisotopic (exact) mass is 364 g/mol. The molecule has 3 fully saturated rings. The van der Waals surface area contributed by atoms with Crippen LogP contribution < -0.4 is 9.80 Å². The van der Waals surface area contributed by atoms with Gasteiger partial charge in [0.15, 0.2) is 0 Å². The summed E-state index contributed by atoms with van der Waals surface area (Å²) in [7, 11) is 0. The zero-order chi connectivity index (χ0) is 18.5. The van der Waals surface area contributed by atoms with Gasteiger partial charge in [-0.3, -0.25) is 4.79 Å². The third-order valence-electron chi connectivity index (χ3n) is 8.24. The second kappa shape index (κ2) is 6.92. The minimum atomic E-state index is -0.471. The molecule has 146 valence electrons. The second-order valence-corrected chi connectivity index (χ2v) is 9.36. The molecule has 0 aromatic rings. The molecule has 2 saturated heterocycles. The van der Waals surface area contributed by atoms with Crippen LogP contribution in [-0.4, -0.2) is 62.6 Å². The van der Waals surface area contributed by atoms with Gasteiger partial charge in [-0.2, -0.15) is 0 Å². The van der Waals surface area contributed by atoms with Gasteiger partial charge in [-0.15, -0.1) is 0 Å². The van der Waals surface area contributed by atoms with Gasteiger partial charge < -0.3 is 19.6 Å². The van der Waals surface area contributed by atoms with E-state index in [-0.39, 0.29) is 29.3 Å². The molecule has 0 amide bonds. The highest BCUT2D eigenvalue weighted by Crippen LogP contribution is 2.55. The summed E-state index contributed by atoms with van der Waals surface area (Å²) in [4.78, 5) is 15.9. The van der Waals surface area contributed by atoms with Crippen LogP contribution in [-0.2, 0) is 9.53 Å². The number of ether oxygens (including phenoxy) is 1. The number of quaternary nitrogens is 2. The molecule has 0 unspecified atom stereocenters. The van der Waals surface area contributed by atoms with Gasteiger partial charge in [0.1, 0.15) is 38.2 Å². The summed E-state index contributed by atoms with van der Waals surface area (Å²) in [5.41, 5.74) is 1.14. The lowest BCUT2D eigenvalue weighted by atomic mass is 9.55. The fourth-order valence-corrected chi connectivity index (χ4v) is 6.12. The van der Waals surface area contributed by atoms with Gasteiger partial charge in [-0.05, 0) is 25.7 Å². The van der Waals surface area contributed by atoms with Crippen LogP contribution in [0.4, 0.5) is 0 Å². The molecule has 4 rings (SSSR count). The number of aliphatic hydroxyl groups is 1. The van der Waals surface area contributed by atoms with Crippen LogP contribution in [0.2, 0.25) is 0 Å². The van der Waals surface area contributed by atoms with Gasteiger partial charge in [-0.1, -0.05) is 25.5 Å². The molecule has 0 radical (unpaired) electrons. The van der Waals surface area contributed by atoms with E-state index in [1.54, 1.807) is 4.90 Å². The average Bonchev–Trinajstić information content (AvgIpc) is 2.94. The lowest BCUT2D eigenvalue weighted by Crippen LogP contribution is -3.28. The molecule has 5 nitrogen and oxygen atoms in total. The Balaban J connectivity index is 1.52. The van der Waals surface area contributed by atoms with Gasteiger partial charge >= 0.3 is 5.97 Å². The van der Waals surface area contributed by atoms with Crippen molar-refractivity contribution < 1.29 is 24.4 Å². The first-order chi connectivity index (χ1) is 12.4. The molecule has 4 aliphatic rings. The molecular formula is C21H36N2O3+2. The average molecular weight is 365 g/mol. The van der Waals surface area contributed by atoms with Crippen LogP contribution in [0.25, 0.3) is 0 Å². The number of esters is 1.